The van der Waals surface area contributed by atoms with Gasteiger partial charge in [-0.1, -0.05) is 19.8 Å². The van der Waals surface area contributed by atoms with E-state index < -0.39 is 0 Å². The van der Waals surface area contributed by atoms with Crippen LogP contribution in [0.15, 0.2) is 0 Å². The summed E-state index contributed by atoms with van der Waals surface area (Å²) in [5, 5.41) is 0. The van der Waals surface area contributed by atoms with E-state index in [0.717, 1.165) is 12.8 Å². The molecule has 3 heteroatoms. The fourth-order valence-electron chi connectivity index (χ4n) is 2.57. The molecule has 2 fully saturated rings. The van der Waals surface area contributed by atoms with Crippen molar-refractivity contribution in [1.82, 2.24) is 0 Å². The van der Waals surface area contributed by atoms with Crippen LogP contribution in [0.3, 0.4) is 0 Å². The molecule has 0 N–H and O–H groups in total. The molecule has 0 aromatic rings. The van der Waals surface area contributed by atoms with Crippen molar-refractivity contribution in [3.8, 4) is 0 Å². The number of epoxide rings is 1. The molecule has 1 aliphatic heterocycles. The molecule has 0 aromatic carbocycles. The van der Waals surface area contributed by atoms with Gasteiger partial charge in [0, 0.05) is 0 Å². The summed E-state index contributed by atoms with van der Waals surface area (Å²) in [5.74, 6) is 0.518. The summed E-state index contributed by atoms with van der Waals surface area (Å²) >= 11 is 0. The van der Waals surface area contributed by atoms with Gasteiger partial charge in [0.05, 0.1) is 6.61 Å². The van der Waals surface area contributed by atoms with Crippen LogP contribution in [0.2, 0.25) is 0 Å². The molecule has 2 rings (SSSR count). The summed E-state index contributed by atoms with van der Waals surface area (Å²) in [6.45, 7) is 4.51. The maximum atomic E-state index is 11.4. The molecule has 3 nitrogen and oxygen atoms in total. The van der Waals surface area contributed by atoms with Crippen molar-refractivity contribution >= 4 is 5.97 Å². The van der Waals surface area contributed by atoms with Crippen molar-refractivity contribution in [3.63, 3.8) is 0 Å². The van der Waals surface area contributed by atoms with Crippen LogP contribution in [0, 0.1) is 5.92 Å². The van der Waals surface area contributed by atoms with Crippen LogP contribution in [-0.4, -0.2) is 24.3 Å². The van der Waals surface area contributed by atoms with Gasteiger partial charge in [-0.3, -0.25) is 0 Å². The summed E-state index contributed by atoms with van der Waals surface area (Å²) in [4.78, 5) is 11.4. The normalized spacial score (nSPS) is 41.0. The molecule has 1 saturated heterocycles. The van der Waals surface area contributed by atoms with Crippen molar-refractivity contribution in [2.75, 3.05) is 6.61 Å². The van der Waals surface area contributed by atoms with E-state index in [-0.39, 0.29) is 17.7 Å². The van der Waals surface area contributed by atoms with E-state index in [4.69, 9.17) is 9.47 Å². The molecule has 0 aromatic heterocycles. The summed E-state index contributed by atoms with van der Waals surface area (Å²) in [5.41, 5.74) is -0.135. The second-order valence-electron chi connectivity index (χ2n) is 4.52. The number of rotatable bonds is 2. The van der Waals surface area contributed by atoms with Gasteiger partial charge in [-0.2, -0.15) is 0 Å². The predicted octanol–water partition coefficient (Wildman–Crippen LogP) is 1.90. The third-order valence-electron chi connectivity index (χ3n) is 3.26. The second-order valence-corrected chi connectivity index (χ2v) is 4.52. The molecule has 1 unspecified atom stereocenters. The fraction of sp³-hybridized carbons (Fsp3) is 0.909. The van der Waals surface area contributed by atoms with Crippen molar-refractivity contribution in [1.29, 1.82) is 0 Å². The molecule has 1 saturated carbocycles. The molecular formula is C11H18O3. The topological polar surface area (TPSA) is 38.8 Å². The van der Waals surface area contributed by atoms with Gasteiger partial charge in [0.1, 0.15) is 5.60 Å². The van der Waals surface area contributed by atoms with Crippen LogP contribution in [-0.2, 0) is 14.3 Å². The van der Waals surface area contributed by atoms with Gasteiger partial charge < -0.3 is 9.47 Å². The Morgan fingerprint density at radius 3 is 3.07 bits per heavy atom. The predicted molar refractivity (Wildman–Crippen MR) is 51.9 cm³/mol. The van der Waals surface area contributed by atoms with Gasteiger partial charge in [-0.25, -0.2) is 4.79 Å². The minimum atomic E-state index is -0.259. The average Bonchev–Trinajstić information content (AvgIpc) is 2.79. The Bertz CT molecular complexity index is 239. The first-order chi connectivity index (χ1) is 6.68. The minimum absolute atomic E-state index is 0.135. The summed E-state index contributed by atoms with van der Waals surface area (Å²) < 4.78 is 10.5. The Hall–Kier alpha value is -0.570. The summed E-state index contributed by atoms with van der Waals surface area (Å²) in [6, 6.07) is 0. The highest BCUT2D eigenvalue weighted by atomic mass is 16.7. The summed E-state index contributed by atoms with van der Waals surface area (Å²) in [7, 11) is 0. The van der Waals surface area contributed by atoms with Crippen LogP contribution >= 0.6 is 0 Å². The highest BCUT2D eigenvalue weighted by molar-refractivity contribution is 5.79. The van der Waals surface area contributed by atoms with E-state index in [1.54, 1.807) is 0 Å². The Morgan fingerprint density at radius 1 is 1.64 bits per heavy atom. The molecule has 3 atom stereocenters. The zero-order valence-electron chi connectivity index (χ0n) is 8.91. The molecule has 0 amide bonds. The Kier molecular flexibility index (Phi) is 2.52. The highest BCUT2D eigenvalue weighted by Crippen LogP contribution is 2.50. The van der Waals surface area contributed by atoms with Crippen molar-refractivity contribution < 1.29 is 14.3 Å². The highest BCUT2D eigenvalue weighted by Gasteiger charge is 2.62. The molecule has 2 aliphatic rings. The van der Waals surface area contributed by atoms with Crippen LogP contribution in [0.1, 0.15) is 39.5 Å². The first kappa shape index (κ1) is 9.97. The van der Waals surface area contributed by atoms with Gasteiger partial charge in [0.2, 0.25) is 0 Å². The standard InChI is InChI=1S/C11H18O3/c1-3-13-10(12)9-11(14-9)6-4-5-8(2)7-11/h8-9H,3-7H2,1-2H3/t8?,9-,11+/m1/s1. The lowest BCUT2D eigenvalue weighted by molar-refractivity contribution is -0.144. The monoisotopic (exact) mass is 198 g/mol. The number of esters is 1. The molecule has 0 bridgehead atoms. The van der Waals surface area contributed by atoms with E-state index in [2.05, 4.69) is 6.92 Å². The molecule has 14 heavy (non-hydrogen) atoms. The zero-order chi connectivity index (χ0) is 10.2. The number of ether oxygens (including phenoxy) is 2. The van der Waals surface area contributed by atoms with Gasteiger partial charge in [0.15, 0.2) is 6.10 Å². The van der Waals surface area contributed by atoms with Crippen molar-refractivity contribution in [2.24, 2.45) is 5.92 Å². The third-order valence-corrected chi connectivity index (χ3v) is 3.26. The van der Waals surface area contributed by atoms with Crippen LogP contribution in [0.4, 0.5) is 0 Å². The first-order valence-electron chi connectivity index (χ1n) is 5.52. The SMILES string of the molecule is CCOC(=O)[C@H]1O[C@]12CCCC(C)C2. The van der Waals surface area contributed by atoms with Crippen LogP contribution in [0.25, 0.3) is 0 Å². The maximum Gasteiger partial charge on any atom is 0.338 e. The van der Waals surface area contributed by atoms with E-state index in [1.165, 1.54) is 12.8 Å². The van der Waals surface area contributed by atoms with Gasteiger partial charge in [0.25, 0.3) is 0 Å². The molecule has 80 valence electrons. The van der Waals surface area contributed by atoms with Crippen LogP contribution in [0.5, 0.6) is 0 Å². The second kappa shape index (κ2) is 3.54. The molecule has 0 radical (unpaired) electrons. The Morgan fingerprint density at radius 2 is 2.43 bits per heavy atom. The van der Waals surface area contributed by atoms with Crippen molar-refractivity contribution in [2.45, 2.75) is 51.2 Å². The zero-order valence-corrected chi connectivity index (χ0v) is 8.91. The number of hydrogen-bond donors (Lipinski definition) is 0. The lowest BCUT2D eigenvalue weighted by Crippen LogP contribution is -2.28. The number of hydrogen-bond acceptors (Lipinski definition) is 3. The van der Waals surface area contributed by atoms with Gasteiger partial charge in [-0.15, -0.1) is 0 Å². The van der Waals surface area contributed by atoms with Crippen molar-refractivity contribution in [3.05, 3.63) is 0 Å². The van der Waals surface area contributed by atoms with Gasteiger partial charge in [-0.05, 0) is 25.7 Å². The molecule has 1 heterocycles. The van der Waals surface area contributed by atoms with E-state index in [1.807, 2.05) is 6.92 Å². The number of carbonyl (C=O) groups is 1. The average molecular weight is 198 g/mol. The minimum Gasteiger partial charge on any atom is -0.464 e. The number of carbonyl (C=O) groups excluding carboxylic acids is 1. The van der Waals surface area contributed by atoms with Gasteiger partial charge >= 0.3 is 5.97 Å². The quantitative estimate of drug-likeness (QED) is 0.502. The van der Waals surface area contributed by atoms with E-state index in [0.29, 0.717) is 12.5 Å². The summed E-state index contributed by atoms with van der Waals surface area (Å²) in [6.07, 6.45) is 4.24. The van der Waals surface area contributed by atoms with E-state index in [9.17, 15) is 4.79 Å². The largest absolute Gasteiger partial charge is 0.464 e. The first-order valence-corrected chi connectivity index (χ1v) is 5.52. The molecule has 1 spiro atoms. The lowest BCUT2D eigenvalue weighted by atomic mass is 9.80. The molecular weight excluding hydrogens is 180 g/mol. The Labute approximate surface area is 84.8 Å². The molecule has 1 aliphatic carbocycles. The van der Waals surface area contributed by atoms with E-state index >= 15 is 0 Å². The smallest absolute Gasteiger partial charge is 0.338 e. The lowest BCUT2D eigenvalue weighted by Gasteiger charge is -2.23. The third kappa shape index (κ3) is 1.65. The maximum absolute atomic E-state index is 11.4. The van der Waals surface area contributed by atoms with Crippen LogP contribution < -0.4 is 0 Å². The fourth-order valence-corrected chi connectivity index (χ4v) is 2.57. The Balaban J connectivity index is 1.91.